The number of carbonyl (C=O) groups excluding carboxylic acids is 1. The molecule has 1 saturated heterocycles. The molecule has 0 radical (unpaired) electrons. The Labute approximate surface area is 117 Å². The summed E-state index contributed by atoms with van der Waals surface area (Å²) in [5, 5.41) is 0. The molecular formula is C16H30N2O. The van der Waals surface area contributed by atoms with E-state index in [2.05, 4.69) is 32.6 Å². The SMILES string of the molecule is CC(CC(=O)N1C[C@H]2CCC(N)C[C@H]2C1)C(C)(C)C. The lowest BCUT2D eigenvalue weighted by molar-refractivity contribution is -0.132. The van der Waals surface area contributed by atoms with E-state index in [0.717, 1.165) is 25.9 Å². The zero-order chi connectivity index (χ0) is 14.2. The zero-order valence-corrected chi connectivity index (χ0v) is 13.0. The second-order valence-corrected chi connectivity index (χ2v) is 7.86. The topological polar surface area (TPSA) is 46.3 Å². The summed E-state index contributed by atoms with van der Waals surface area (Å²) in [6.45, 7) is 10.8. The minimum absolute atomic E-state index is 0.213. The van der Waals surface area contributed by atoms with Crippen molar-refractivity contribution >= 4 is 5.91 Å². The largest absolute Gasteiger partial charge is 0.342 e. The standard InChI is InChI=1S/C16H30N2O/c1-11(16(2,3)4)7-15(19)18-9-12-5-6-14(17)8-13(12)10-18/h11-14H,5-10,17H2,1-4H3/t11?,12-,13+,14?/m1/s1. The quantitative estimate of drug-likeness (QED) is 0.835. The number of nitrogens with zero attached hydrogens (tertiary/aromatic N) is 1. The molecule has 2 N–H and O–H groups in total. The highest BCUT2D eigenvalue weighted by Gasteiger charge is 2.39. The van der Waals surface area contributed by atoms with Crippen LogP contribution in [-0.4, -0.2) is 29.9 Å². The number of fused-ring (bicyclic) bond motifs is 1. The predicted molar refractivity (Wildman–Crippen MR) is 78.6 cm³/mol. The van der Waals surface area contributed by atoms with Gasteiger partial charge in [-0.3, -0.25) is 4.79 Å². The summed E-state index contributed by atoms with van der Waals surface area (Å²) in [5.41, 5.74) is 6.26. The third kappa shape index (κ3) is 3.50. The lowest BCUT2D eigenvalue weighted by atomic mass is 9.79. The maximum Gasteiger partial charge on any atom is 0.222 e. The second-order valence-electron chi connectivity index (χ2n) is 7.86. The smallest absolute Gasteiger partial charge is 0.222 e. The molecule has 2 fully saturated rings. The van der Waals surface area contributed by atoms with Crippen LogP contribution in [0.15, 0.2) is 0 Å². The predicted octanol–water partition coefficient (Wildman–Crippen LogP) is 2.64. The molecule has 0 aromatic heterocycles. The average molecular weight is 266 g/mol. The third-order valence-corrected chi connectivity index (χ3v) is 5.40. The fraction of sp³-hybridized carbons (Fsp3) is 0.938. The van der Waals surface area contributed by atoms with Gasteiger partial charge < -0.3 is 10.6 Å². The van der Waals surface area contributed by atoms with Gasteiger partial charge >= 0.3 is 0 Å². The minimum atomic E-state index is 0.213. The van der Waals surface area contributed by atoms with Crippen molar-refractivity contribution in [3.63, 3.8) is 0 Å². The summed E-state index contributed by atoms with van der Waals surface area (Å²) < 4.78 is 0. The molecular weight excluding hydrogens is 236 g/mol. The van der Waals surface area contributed by atoms with Crippen molar-refractivity contribution in [3.8, 4) is 0 Å². The van der Waals surface area contributed by atoms with Crippen LogP contribution in [0.1, 0.15) is 53.4 Å². The van der Waals surface area contributed by atoms with E-state index < -0.39 is 0 Å². The van der Waals surface area contributed by atoms with Crippen LogP contribution in [-0.2, 0) is 4.79 Å². The van der Waals surface area contributed by atoms with Gasteiger partial charge in [-0.15, -0.1) is 0 Å². The lowest BCUT2D eigenvalue weighted by Gasteiger charge is -2.28. The van der Waals surface area contributed by atoms with Crippen LogP contribution >= 0.6 is 0 Å². The molecule has 2 rings (SSSR count). The van der Waals surface area contributed by atoms with Crippen molar-refractivity contribution in [3.05, 3.63) is 0 Å². The van der Waals surface area contributed by atoms with Gasteiger partial charge in [-0.2, -0.15) is 0 Å². The summed E-state index contributed by atoms with van der Waals surface area (Å²) >= 11 is 0. The Kier molecular flexibility index (Phi) is 4.24. The maximum atomic E-state index is 12.4. The summed E-state index contributed by atoms with van der Waals surface area (Å²) in [5.74, 6) is 2.17. The van der Waals surface area contributed by atoms with E-state index in [0.29, 0.717) is 36.1 Å². The van der Waals surface area contributed by atoms with Crippen LogP contribution in [0.3, 0.4) is 0 Å². The molecule has 1 saturated carbocycles. The highest BCUT2D eigenvalue weighted by Crippen LogP contribution is 2.37. The van der Waals surface area contributed by atoms with Crippen molar-refractivity contribution < 1.29 is 4.79 Å². The molecule has 2 unspecified atom stereocenters. The van der Waals surface area contributed by atoms with E-state index in [-0.39, 0.29) is 5.41 Å². The van der Waals surface area contributed by atoms with Gasteiger partial charge in [0.15, 0.2) is 0 Å². The molecule has 1 amide bonds. The van der Waals surface area contributed by atoms with E-state index in [9.17, 15) is 4.79 Å². The zero-order valence-electron chi connectivity index (χ0n) is 13.0. The van der Waals surface area contributed by atoms with Crippen molar-refractivity contribution in [1.82, 2.24) is 4.90 Å². The number of amides is 1. The Bertz CT molecular complexity index is 334. The third-order valence-electron chi connectivity index (χ3n) is 5.40. The van der Waals surface area contributed by atoms with Gasteiger partial charge in [0.1, 0.15) is 0 Å². The normalized spacial score (nSPS) is 33.1. The molecule has 3 heteroatoms. The summed E-state index contributed by atoms with van der Waals surface area (Å²) in [4.78, 5) is 14.5. The lowest BCUT2D eigenvalue weighted by Crippen LogP contribution is -2.33. The summed E-state index contributed by atoms with van der Waals surface area (Å²) in [6, 6.07) is 0.366. The molecule has 1 aliphatic heterocycles. The fourth-order valence-corrected chi connectivity index (χ4v) is 3.37. The fourth-order valence-electron chi connectivity index (χ4n) is 3.37. The molecule has 0 bridgehead atoms. The highest BCUT2D eigenvalue weighted by molar-refractivity contribution is 5.76. The molecule has 0 spiro atoms. The number of carbonyl (C=O) groups is 1. The monoisotopic (exact) mass is 266 g/mol. The van der Waals surface area contributed by atoms with Crippen LogP contribution in [0.4, 0.5) is 0 Å². The van der Waals surface area contributed by atoms with E-state index in [4.69, 9.17) is 5.73 Å². The Morgan fingerprint density at radius 3 is 2.53 bits per heavy atom. The highest BCUT2D eigenvalue weighted by atomic mass is 16.2. The van der Waals surface area contributed by atoms with Gasteiger partial charge in [0.2, 0.25) is 5.91 Å². The number of hydrogen-bond donors (Lipinski definition) is 1. The molecule has 110 valence electrons. The molecule has 3 nitrogen and oxygen atoms in total. The molecule has 0 aromatic carbocycles. The van der Waals surface area contributed by atoms with Crippen LogP contribution in [0, 0.1) is 23.2 Å². The van der Waals surface area contributed by atoms with Gasteiger partial charge in [0, 0.05) is 25.6 Å². The van der Waals surface area contributed by atoms with Gasteiger partial charge in [-0.1, -0.05) is 27.7 Å². The van der Waals surface area contributed by atoms with Gasteiger partial charge in [-0.25, -0.2) is 0 Å². The molecule has 19 heavy (non-hydrogen) atoms. The van der Waals surface area contributed by atoms with Crippen LogP contribution < -0.4 is 5.73 Å². The molecule has 1 heterocycles. The molecule has 2 aliphatic rings. The summed E-state index contributed by atoms with van der Waals surface area (Å²) in [6.07, 6.45) is 4.16. The first kappa shape index (κ1) is 14.8. The van der Waals surface area contributed by atoms with Crippen LogP contribution in [0.2, 0.25) is 0 Å². The molecule has 4 atom stereocenters. The van der Waals surface area contributed by atoms with Crippen LogP contribution in [0.5, 0.6) is 0 Å². The van der Waals surface area contributed by atoms with Crippen molar-refractivity contribution in [2.75, 3.05) is 13.1 Å². The summed E-state index contributed by atoms with van der Waals surface area (Å²) in [7, 11) is 0. The average Bonchev–Trinajstić information content (AvgIpc) is 2.70. The van der Waals surface area contributed by atoms with Gasteiger partial charge in [0.05, 0.1) is 0 Å². The van der Waals surface area contributed by atoms with Gasteiger partial charge in [-0.05, 0) is 42.4 Å². The first-order chi connectivity index (χ1) is 8.77. The van der Waals surface area contributed by atoms with Crippen molar-refractivity contribution in [2.45, 2.75) is 59.4 Å². The Hall–Kier alpha value is -0.570. The van der Waals surface area contributed by atoms with E-state index >= 15 is 0 Å². The molecule has 1 aliphatic carbocycles. The maximum absolute atomic E-state index is 12.4. The number of likely N-dealkylation sites (tertiary alicyclic amines) is 1. The van der Waals surface area contributed by atoms with E-state index in [1.54, 1.807) is 0 Å². The Balaban J connectivity index is 1.88. The first-order valence-corrected chi connectivity index (χ1v) is 7.80. The van der Waals surface area contributed by atoms with Crippen molar-refractivity contribution in [2.24, 2.45) is 28.9 Å². The molecule has 0 aromatic rings. The van der Waals surface area contributed by atoms with E-state index in [1.165, 1.54) is 6.42 Å². The first-order valence-electron chi connectivity index (χ1n) is 7.80. The Morgan fingerprint density at radius 1 is 1.26 bits per heavy atom. The number of rotatable bonds is 2. The minimum Gasteiger partial charge on any atom is -0.342 e. The van der Waals surface area contributed by atoms with E-state index in [1.807, 2.05) is 0 Å². The number of hydrogen-bond acceptors (Lipinski definition) is 2. The Morgan fingerprint density at radius 2 is 1.89 bits per heavy atom. The van der Waals surface area contributed by atoms with Gasteiger partial charge in [0.25, 0.3) is 0 Å². The second kappa shape index (κ2) is 5.43. The van der Waals surface area contributed by atoms with Crippen molar-refractivity contribution in [1.29, 1.82) is 0 Å². The number of nitrogens with two attached hydrogens (primary N) is 1. The van der Waals surface area contributed by atoms with Crippen LogP contribution in [0.25, 0.3) is 0 Å².